The van der Waals surface area contributed by atoms with Gasteiger partial charge < -0.3 is 11.1 Å². The number of hydrogen-bond donors (Lipinski definition) is 2. The van der Waals surface area contributed by atoms with E-state index < -0.39 is 5.54 Å². The molecule has 2 aromatic rings. The van der Waals surface area contributed by atoms with Gasteiger partial charge in [0.05, 0.1) is 10.6 Å². The van der Waals surface area contributed by atoms with Crippen molar-refractivity contribution in [3.63, 3.8) is 0 Å². The molecule has 3 rings (SSSR count). The molecule has 1 fully saturated rings. The number of halogens is 2. The molecule has 0 saturated heterocycles. The van der Waals surface area contributed by atoms with Gasteiger partial charge in [-0.3, -0.25) is 4.79 Å². The van der Waals surface area contributed by atoms with Gasteiger partial charge in [-0.2, -0.15) is 0 Å². The molecule has 1 saturated carbocycles. The predicted molar refractivity (Wildman–Crippen MR) is 94.5 cm³/mol. The molecule has 0 atom stereocenters. The zero-order chi connectivity index (χ0) is 15.0. The quantitative estimate of drug-likeness (QED) is 0.843. The largest absolute Gasteiger partial charge is 0.324 e. The number of rotatable bonds is 4. The van der Waals surface area contributed by atoms with Gasteiger partial charge in [0.2, 0.25) is 5.91 Å². The Kier molecular flexibility index (Phi) is 5.40. The van der Waals surface area contributed by atoms with Crippen LogP contribution in [0, 0.1) is 6.92 Å². The number of thiazole rings is 1. The maximum absolute atomic E-state index is 11.9. The second-order valence-electron chi connectivity index (χ2n) is 5.11. The number of nitrogens with one attached hydrogen (secondary N) is 1. The maximum Gasteiger partial charge on any atom is 0.244 e. The van der Waals surface area contributed by atoms with E-state index in [9.17, 15) is 4.79 Å². The van der Waals surface area contributed by atoms with Crippen LogP contribution in [0.5, 0.6) is 0 Å². The second kappa shape index (κ2) is 6.76. The number of hydrogen-bond acceptors (Lipinski definition) is 5. The number of carbonyl (C=O) groups is 1. The van der Waals surface area contributed by atoms with E-state index >= 15 is 0 Å². The molecular formula is C14H15Cl2N3OS2. The summed E-state index contributed by atoms with van der Waals surface area (Å²) in [4.78, 5) is 17.2. The third-order valence-corrected chi connectivity index (χ3v) is 5.78. The Bertz CT molecular complexity index is 701. The van der Waals surface area contributed by atoms with Gasteiger partial charge in [0, 0.05) is 21.7 Å². The lowest BCUT2D eigenvalue weighted by atomic mass is 10.2. The number of nitrogens with zero attached hydrogens (tertiary/aromatic N) is 1. The van der Waals surface area contributed by atoms with Crippen LogP contribution < -0.4 is 11.1 Å². The number of aryl methyl sites for hydroxylation is 1. The smallest absolute Gasteiger partial charge is 0.244 e. The molecule has 22 heavy (non-hydrogen) atoms. The van der Waals surface area contributed by atoms with Crippen molar-refractivity contribution in [3.05, 3.63) is 34.3 Å². The molecule has 118 valence electrons. The first-order chi connectivity index (χ1) is 9.96. The lowest BCUT2D eigenvalue weighted by Gasteiger charge is -2.11. The van der Waals surface area contributed by atoms with Crippen LogP contribution in [0.3, 0.4) is 0 Å². The predicted octanol–water partition coefficient (Wildman–Crippen LogP) is 4.11. The van der Waals surface area contributed by atoms with Crippen LogP contribution in [0.4, 0.5) is 5.69 Å². The molecule has 1 heterocycles. The fraction of sp³-hybridized carbons (Fsp3) is 0.286. The van der Waals surface area contributed by atoms with Crippen molar-refractivity contribution in [1.29, 1.82) is 0 Å². The lowest BCUT2D eigenvalue weighted by Crippen LogP contribution is -2.37. The summed E-state index contributed by atoms with van der Waals surface area (Å²) in [6.07, 6.45) is 1.48. The molecule has 1 aromatic heterocycles. The monoisotopic (exact) mass is 375 g/mol. The minimum atomic E-state index is -0.682. The van der Waals surface area contributed by atoms with Crippen molar-refractivity contribution < 1.29 is 4.79 Å². The summed E-state index contributed by atoms with van der Waals surface area (Å²) < 4.78 is 0.949. The standard InChI is InChI=1S/C14H14ClN3OS2.ClH/c1-8-7-20-13(17-8)21-11-3-2-9(6-10(11)15)18-12(19)14(16)4-5-14;/h2-3,6-7H,4-5,16H2,1H3,(H,18,19);1H. The van der Waals surface area contributed by atoms with Crippen LogP contribution in [-0.2, 0) is 4.79 Å². The van der Waals surface area contributed by atoms with Crippen LogP contribution in [0.25, 0.3) is 0 Å². The van der Waals surface area contributed by atoms with Crippen LogP contribution in [0.1, 0.15) is 18.5 Å². The van der Waals surface area contributed by atoms with E-state index in [2.05, 4.69) is 10.3 Å². The average Bonchev–Trinajstić information content (AvgIpc) is 3.06. The van der Waals surface area contributed by atoms with Gasteiger partial charge in [0.15, 0.2) is 4.34 Å². The van der Waals surface area contributed by atoms with Crippen LogP contribution >= 0.6 is 47.1 Å². The second-order valence-corrected chi connectivity index (χ2v) is 7.67. The molecule has 1 amide bonds. The van der Waals surface area contributed by atoms with E-state index in [1.54, 1.807) is 17.4 Å². The molecule has 1 aromatic carbocycles. The molecule has 4 nitrogen and oxygen atoms in total. The Labute approximate surface area is 148 Å². The van der Waals surface area contributed by atoms with Crippen molar-refractivity contribution >= 4 is 58.7 Å². The molecule has 1 aliphatic carbocycles. The topological polar surface area (TPSA) is 68.0 Å². The summed E-state index contributed by atoms with van der Waals surface area (Å²) in [6.45, 7) is 1.96. The van der Waals surface area contributed by atoms with E-state index in [0.29, 0.717) is 10.7 Å². The van der Waals surface area contributed by atoms with E-state index in [1.165, 1.54) is 11.8 Å². The minimum absolute atomic E-state index is 0. The Morgan fingerprint density at radius 1 is 1.50 bits per heavy atom. The minimum Gasteiger partial charge on any atom is -0.324 e. The van der Waals surface area contributed by atoms with Crippen LogP contribution in [0.2, 0.25) is 5.02 Å². The molecule has 0 bridgehead atoms. The highest BCUT2D eigenvalue weighted by Gasteiger charge is 2.45. The Morgan fingerprint density at radius 2 is 2.23 bits per heavy atom. The Hall–Kier alpha value is -0.790. The summed E-state index contributed by atoms with van der Waals surface area (Å²) in [7, 11) is 0. The van der Waals surface area contributed by atoms with Crippen molar-refractivity contribution in [3.8, 4) is 0 Å². The fourth-order valence-corrected chi connectivity index (χ4v) is 3.85. The summed E-state index contributed by atoms with van der Waals surface area (Å²) in [5.41, 5.74) is 6.84. The number of nitrogens with two attached hydrogens (primary N) is 1. The summed E-state index contributed by atoms with van der Waals surface area (Å²) in [5, 5.41) is 5.40. The molecule has 1 aliphatic rings. The first kappa shape index (κ1) is 17.6. The van der Waals surface area contributed by atoms with Gasteiger partial charge in [-0.15, -0.1) is 23.7 Å². The third kappa shape index (κ3) is 3.94. The van der Waals surface area contributed by atoms with Crippen LogP contribution in [-0.4, -0.2) is 16.4 Å². The van der Waals surface area contributed by atoms with Gasteiger partial charge in [0.25, 0.3) is 0 Å². The number of carbonyl (C=O) groups excluding carboxylic acids is 1. The number of anilines is 1. The van der Waals surface area contributed by atoms with Gasteiger partial charge in [-0.05, 0) is 38.0 Å². The molecule has 8 heteroatoms. The highest BCUT2D eigenvalue weighted by Crippen LogP contribution is 2.37. The van der Waals surface area contributed by atoms with Crippen molar-refractivity contribution in [1.82, 2.24) is 4.98 Å². The Morgan fingerprint density at radius 3 is 2.77 bits per heavy atom. The fourth-order valence-electron chi connectivity index (χ4n) is 1.75. The van der Waals surface area contributed by atoms with Gasteiger partial charge in [0.1, 0.15) is 0 Å². The number of aromatic nitrogens is 1. The zero-order valence-corrected chi connectivity index (χ0v) is 15.0. The van der Waals surface area contributed by atoms with Crippen molar-refractivity contribution in [2.75, 3.05) is 5.32 Å². The number of amides is 1. The van der Waals surface area contributed by atoms with Crippen molar-refractivity contribution in [2.24, 2.45) is 5.73 Å². The zero-order valence-electron chi connectivity index (χ0n) is 11.8. The highest BCUT2D eigenvalue weighted by molar-refractivity contribution is 8.01. The molecule has 0 aliphatic heterocycles. The average molecular weight is 376 g/mol. The maximum atomic E-state index is 11.9. The molecule has 0 radical (unpaired) electrons. The number of benzene rings is 1. The van der Waals surface area contributed by atoms with E-state index in [1.807, 2.05) is 24.4 Å². The third-order valence-electron chi connectivity index (χ3n) is 3.23. The van der Waals surface area contributed by atoms with Gasteiger partial charge in [-0.1, -0.05) is 23.4 Å². The first-order valence-corrected chi connectivity index (χ1v) is 8.53. The van der Waals surface area contributed by atoms with E-state index in [0.717, 1.165) is 27.8 Å². The van der Waals surface area contributed by atoms with Crippen molar-refractivity contribution in [2.45, 2.75) is 34.5 Å². The summed E-state index contributed by atoms with van der Waals surface area (Å²) >= 11 is 9.38. The SMILES string of the molecule is Cc1csc(Sc2ccc(NC(=O)C3(N)CC3)cc2Cl)n1.Cl. The van der Waals surface area contributed by atoms with E-state index in [-0.39, 0.29) is 18.3 Å². The first-order valence-electron chi connectivity index (χ1n) is 6.46. The Balaban J connectivity index is 0.00000176. The molecule has 0 unspecified atom stereocenters. The molecule has 0 spiro atoms. The van der Waals surface area contributed by atoms with Gasteiger partial charge >= 0.3 is 0 Å². The lowest BCUT2D eigenvalue weighted by molar-refractivity contribution is -0.118. The summed E-state index contributed by atoms with van der Waals surface area (Å²) in [6, 6.07) is 5.46. The van der Waals surface area contributed by atoms with Crippen LogP contribution in [0.15, 0.2) is 32.8 Å². The molecule has 3 N–H and O–H groups in total. The summed E-state index contributed by atoms with van der Waals surface area (Å²) in [5.74, 6) is -0.144. The van der Waals surface area contributed by atoms with Gasteiger partial charge in [-0.25, -0.2) is 4.98 Å². The molecular weight excluding hydrogens is 361 g/mol. The normalized spacial score (nSPS) is 15.0. The van der Waals surface area contributed by atoms with E-state index in [4.69, 9.17) is 17.3 Å². The highest BCUT2D eigenvalue weighted by atomic mass is 35.5.